The number of halogens is 1. The number of fused-ring (bicyclic) bond motifs is 1. The molecule has 30 heavy (non-hydrogen) atoms. The standard InChI is InChI=1S/C22H30FNO6/c1-10-13-5-12-6-14(10)9-20(7-12,8-13)18(27)29-11(2)30-19(28)21(24)4-3-15-16(21)22(15,23)17(25)26/h10-16H,3-9,24H2,1-2H3,(H,25,26)/t10?,11-,12?,13?,14?,15+,16?,20?,21-,22+/m0/s1. The molecule has 8 heteroatoms. The van der Waals surface area contributed by atoms with Gasteiger partial charge in [0.05, 0.1) is 5.41 Å². The Morgan fingerprint density at radius 1 is 1.10 bits per heavy atom. The van der Waals surface area contributed by atoms with E-state index in [9.17, 15) is 18.8 Å². The summed E-state index contributed by atoms with van der Waals surface area (Å²) in [4.78, 5) is 37.0. The molecule has 3 N–H and O–H groups in total. The van der Waals surface area contributed by atoms with Crippen LogP contribution in [0.15, 0.2) is 0 Å². The molecular formula is C22H30FNO6. The highest BCUT2D eigenvalue weighted by atomic mass is 19.1. The van der Waals surface area contributed by atoms with Crippen LogP contribution in [0.25, 0.3) is 0 Å². The second kappa shape index (κ2) is 6.17. The number of nitrogens with two attached hydrogens (primary N) is 1. The molecule has 0 aromatic heterocycles. The maximum absolute atomic E-state index is 14.6. The van der Waals surface area contributed by atoms with Gasteiger partial charge in [-0.05, 0) is 68.6 Å². The Bertz CT molecular complexity index is 801. The Balaban J connectivity index is 1.23. The van der Waals surface area contributed by atoms with Crippen LogP contribution >= 0.6 is 0 Å². The fourth-order valence-electron chi connectivity index (χ4n) is 7.69. The van der Waals surface area contributed by atoms with Gasteiger partial charge in [-0.15, -0.1) is 0 Å². The molecule has 6 aliphatic rings. The zero-order valence-electron chi connectivity index (χ0n) is 17.4. The van der Waals surface area contributed by atoms with Crippen molar-refractivity contribution >= 4 is 17.9 Å². The maximum Gasteiger partial charge on any atom is 0.342 e. The third-order valence-corrected chi connectivity index (χ3v) is 9.14. The van der Waals surface area contributed by atoms with E-state index in [0.717, 1.165) is 19.3 Å². The van der Waals surface area contributed by atoms with E-state index in [1.165, 1.54) is 19.8 Å². The Morgan fingerprint density at radius 3 is 2.27 bits per heavy atom. The van der Waals surface area contributed by atoms with Crippen molar-refractivity contribution in [3.05, 3.63) is 0 Å². The van der Waals surface area contributed by atoms with Crippen molar-refractivity contribution in [3.63, 3.8) is 0 Å². The summed E-state index contributed by atoms with van der Waals surface area (Å²) in [6.07, 6.45) is 4.09. The lowest BCUT2D eigenvalue weighted by atomic mass is 9.46. The second-order valence-electron chi connectivity index (χ2n) is 10.7. The van der Waals surface area contributed by atoms with Gasteiger partial charge < -0.3 is 20.3 Å². The highest BCUT2D eigenvalue weighted by Crippen LogP contribution is 2.67. The van der Waals surface area contributed by atoms with Gasteiger partial charge in [0, 0.05) is 18.8 Å². The summed E-state index contributed by atoms with van der Waals surface area (Å²) in [6.45, 7) is 3.74. The van der Waals surface area contributed by atoms with Crippen LogP contribution in [0.4, 0.5) is 4.39 Å². The number of alkyl halides is 1. The minimum absolute atomic E-state index is 0.160. The zero-order chi connectivity index (χ0) is 21.6. The van der Waals surface area contributed by atoms with Crippen molar-refractivity contribution in [2.24, 2.45) is 46.7 Å². The number of hydrogen-bond donors (Lipinski definition) is 2. The normalized spacial score (nSPS) is 51.2. The van der Waals surface area contributed by atoms with Crippen molar-refractivity contribution < 1.29 is 33.4 Å². The molecule has 0 aromatic carbocycles. The van der Waals surface area contributed by atoms with E-state index >= 15 is 0 Å². The highest BCUT2D eigenvalue weighted by Gasteiger charge is 2.82. The van der Waals surface area contributed by atoms with E-state index in [1.54, 1.807) is 0 Å². The third kappa shape index (κ3) is 2.55. The molecule has 6 rings (SSSR count). The summed E-state index contributed by atoms with van der Waals surface area (Å²) in [5.74, 6) is -2.36. The number of carbonyl (C=O) groups excluding carboxylic acids is 2. The van der Waals surface area contributed by atoms with Crippen molar-refractivity contribution in [2.75, 3.05) is 0 Å². The molecule has 6 saturated carbocycles. The lowest BCUT2D eigenvalue weighted by Crippen LogP contribution is -2.55. The molecule has 0 spiro atoms. The predicted octanol–water partition coefficient (Wildman–Crippen LogP) is 2.41. The topological polar surface area (TPSA) is 116 Å². The van der Waals surface area contributed by atoms with Crippen LogP contribution in [0.2, 0.25) is 0 Å². The summed E-state index contributed by atoms with van der Waals surface area (Å²) < 4.78 is 25.5. The monoisotopic (exact) mass is 423 g/mol. The number of carboxylic acids is 1. The van der Waals surface area contributed by atoms with Crippen LogP contribution in [-0.4, -0.2) is 40.5 Å². The summed E-state index contributed by atoms with van der Waals surface area (Å²) in [5, 5.41) is 9.15. The summed E-state index contributed by atoms with van der Waals surface area (Å²) in [7, 11) is 0. The molecule has 7 atom stereocenters. The molecule has 0 radical (unpaired) electrons. The average Bonchev–Trinajstić information content (AvgIpc) is 3.12. The summed E-state index contributed by atoms with van der Waals surface area (Å²) >= 11 is 0. The van der Waals surface area contributed by atoms with Crippen LogP contribution in [0.1, 0.15) is 58.8 Å². The molecule has 3 unspecified atom stereocenters. The molecule has 0 aliphatic heterocycles. The predicted molar refractivity (Wildman–Crippen MR) is 101 cm³/mol. The van der Waals surface area contributed by atoms with Crippen molar-refractivity contribution in [3.8, 4) is 0 Å². The van der Waals surface area contributed by atoms with Crippen molar-refractivity contribution in [2.45, 2.75) is 76.3 Å². The van der Waals surface area contributed by atoms with Crippen LogP contribution in [0.3, 0.4) is 0 Å². The number of ether oxygens (including phenoxy) is 2. The second-order valence-corrected chi connectivity index (χ2v) is 10.7. The first-order chi connectivity index (χ1) is 14.0. The Hall–Kier alpha value is -1.70. The number of carboxylic acid groups (broad SMARTS) is 1. The Labute approximate surface area is 174 Å². The maximum atomic E-state index is 14.6. The van der Waals surface area contributed by atoms with E-state index in [4.69, 9.17) is 20.3 Å². The molecule has 0 aromatic rings. The van der Waals surface area contributed by atoms with Crippen LogP contribution in [0.5, 0.6) is 0 Å². The summed E-state index contributed by atoms with van der Waals surface area (Å²) in [5.41, 5.74) is 1.46. The van der Waals surface area contributed by atoms with E-state index in [0.29, 0.717) is 23.7 Å². The quantitative estimate of drug-likeness (QED) is 0.515. The molecule has 7 nitrogen and oxygen atoms in total. The van der Waals surface area contributed by atoms with Crippen LogP contribution in [0, 0.1) is 40.9 Å². The summed E-state index contributed by atoms with van der Waals surface area (Å²) in [6, 6.07) is 0. The highest BCUT2D eigenvalue weighted by molar-refractivity contribution is 5.90. The van der Waals surface area contributed by atoms with Gasteiger partial charge in [-0.1, -0.05) is 6.92 Å². The van der Waals surface area contributed by atoms with Gasteiger partial charge in [-0.3, -0.25) is 4.79 Å². The molecule has 166 valence electrons. The molecular weight excluding hydrogens is 393 g/mol. The van der Waals surface area contributed by atoms with E-state index in [1.807, 2.05) is 0 Å². The first kappa shape index (κ1) is 20.2. The van der Waals surface area contributed by atoms with Crippen molar-refractivity contribution in [1.29, 1.82) is 0 Å². The Kier molecular flexibility index (Phi) is 4.16. The SMILES string of the molecule is CC1C2CC3CC1CC(C(=O)O[C@H](C)OC(=O)[C@]1(N)CC[C@@H]4C1[C@@]4(F)C(=O)O)(C3)C2. The molecule has 0 heterocycles. The van der Waals surface area contributed by atoms with Gasteiger partial charge in [0.25, 0.3) is 0 Å². The largest absolute Gasteiger partial charge is 0.479 e. The molecule has 6 aliphatic carbocycles. The van der Waals surface area contributed by atoms with Gasteiger partial charge in [0.2, 0.25) is 12.0 Å². The molecule has 0 saturated heterocycles. The number of rotatable bonds is 5. The smallest absolute Gasteiger partial charge is 0.342 e. The van der Waals surface area contributed by atoms with E-state index in [-0.39, 0.29) is 18.8 Å². The first-order valence-corrected chi connectivity index (χ1v) is 11.1. The lowest BCUT2D eigenvalue weighted by Gasteiger charge is -2.58. The van der Waals surface area contributed by atoms with Crippen molar-refractivity contribution in [1.82, 2.24) is 0 Å². The zero-order valence-corrected chi connectivity index (χ0v) is 17.4. The molecule has 0 amide bonds. The minimum atomic E-state index is -2.47. The fraction of sp³-hybridized carbons (Fsp3) is 0.864. The van der Waals surface area contributed by atoms with Gasteiger partial charge >= 0.3 is 17.9 Å². The van der Waals surface area contributed by atoms with E-state index < -0.39 is 46.7 Å². The van der Waals surface area contributed by atoms with Gasteiger partial charge in [-0.25, -0.2) is 14.0 Å². The Morgan fingerprint density at radius 2 is 1.70 bits per heavy atom. The molecule has 4 bridgehead atoms. The van der Waals surface area contributed by atoms with E-state index in [2.05, 4.69) is 6.92 Å². The van der Waals surface area contributed by atoms with Crippen LogP contribution < -0.4 is 5.73 Å². The first-order valence-electron chi connectivity index (χ1n) is 11.1. The number of aliphatic carboxylic acids is 1. The van der Waals surface area contributed by atoms with Gasteiger partial charge in [0.15, 0.2) is 0 Å². The number of hydrogen-bond acceptors (Lipinski definition) is 6. The lowest BCUT2D eigenvalue weighted by molar-refractivity contribution is -0.207. The number of carbonyl (C=O) groups is 3. The molecule has 6 fully saturated rings. The van der Waals surface area contributed by atoms with Gasteiger partial charge in [0.1, 0.15) is 5.54 Å². The minimum Gasteiger partial charge on any atom is -0.479 e. The average molecular weight is 423 g/mol. The van der Waals surface area contributed by atoms with Crippen LogP contribution in [-0.2, 0) is 23.9 Å². The van der Waals surface area contributed by atoms with Gasteiger partial charge in [-0.2, -0.15) is 0 Å². The third-order valence-electron chi connectivity index (χ3n) is 9.14. The number of esters is 2. The fourth-order valence-corrected chi connectivity index (χ4v) is 7.69.